The van der Waals surface area contributed by atoms with Crippen molar-refractivity contribution in [2.24, 2.45) is 5.73 Å². The molecule has 1 aromatic heterocycles. The van der Waals surface area contributed by atoms with E-state index in [-0.39, 0.29) is 43.6 Å². The third kappa shape index (κ3) is 24.1. The van der Waals surface area contributed by atoms with Gasteiger partial charge in [0, 0.05) is 103 Å². The summed E-state index contributed by atoms with van der Waals surface area (Å²) in [5, 5.41) is 15.3. The zero-order chi connectivity index (χ0) is 61.1. The molecule has 0 saturated carbocycles. The number of nitrogens with two attached hydrogens (primary N) is 1. The first-order chi connectivity index (χ1) is 39.0. The van der Waals surface area contributed by atoms with E-state index in [9.17, 15) is 47.6 Å². The van der Waals surface area contributed by atoms with E-state index in [1.54, 1.807) is 70.7 Å². The number of alkyl halides is 2. The number of nitrogens with zero attached hydrogens (tertiary/aromatic N) is 9. The van der Waals surface area contributed by atoms with Gasteiger partial charge in [0.25, 0.3) is 11.8 Å². The van der Waals surface area contributed by atoms with Gasteiger partial charge in [0.1, 0.15) is 34.6 Å². The van der Waals surface area contributed by atoms with Crippen LogP contribution in [-0.2, 0) is 43.0 Å². The smallest absolute Gasteiger partial charge is 0.320 e. The fourth-order valence-electron chi connectivity index (χ4n) is 9.92. The molecule has 23 nitrogen and oxygen atoms in total. The number of benzene rings is 1. The number of hydrogen-bond donors (Lipinski definition) is 3. The number of carbonyl (C=O) groups is 7. The Balaban J connectivity index is 1.18. The van der Waals surface area contributed by atoms with Crippen molar-refractivity contribution >= 4 is 52.4 Å². The maximum atomic E-state index is 14.3. The summed E-state index contributed by atoms with van der Waals surface area (Å²) in [6, 6.07) is 6.26. The number of esters is 3. The first kappa shape index (κ1) is 67.6. The predicted molar refractivity (Wildman–Crippen MR) is 306 cm³/mol. The van der Waals surface area contributed by atoms with Crippen molar-refractivity contribution in [2.45, 2.75) is 129 Å². The van der Waals surface area contributed by atoms with Gasteiger partial charge in [-0.15, -0.1) is 0 Å². The fraction of sp³-hybridized carbons (Fsp3) is 0.707. The first-order valence-corrected chi connectivity index (χ1v) is 28.9. The molecule has 25 heteroatoms. The van der Waals surface area contributed by atoms with Gasteiger partial charge in [-0.25, -0.2) is 8.78 Å². The van der Waals surface area contributed by atoms with Gasteiger partial charge in [-0.05, 0) is 119 Å². The number of carbonyl (C=O) groups excluding carboxylic acids is 7. The Kier molecular flexibility index (Phi) is 25.3. The van der Waals surface area contributed by atoms with Crippen LogP contribution in [-0.4, -0.2) is 253 Å². The number of likely N-dealkylation sites (tertiary alicyclic amines) is 1. The Bertz CT molecular complexity index is 2510. The highest BCUT2D eigenvalue weighted by atomic mass is 19.3. The Morgan fingerprint density at radius 1 is 0.711 bits per heavy atom. The quantitative estimate of drug-likeness (QED) is 0.0869. The van der Waals surface area contributed by atoms with E-state index in [0.717, 1.165) is 4.90 Å². The second-order valence-corrected chi connectivity index (χ2v) is 24.6. The zero-order valence-corrected chi connectivity index (χ0v) is 50.3. The van der Waals surface area contributed by atoms with Crippen molar-refractivity contribution in [3.05, 3.63) is 36.0 Å². The van der Waals surface area contributed by atoms with Crippen LogP contribution in [0.15, 0.2) is 30.5 Å². The minimum absolute atomic E-state index is 0.00184. The maximum Gasteiger partial charge on any atom is 0.320 e. The van der Waals surface area contributed by atoms with E-state index in [0.29, 0.717) is 141 Å². The number of piperazine rings is 1. The van der Waals surface area contributed by atoms with Gasteiger partial charge < -0.3 is 45.1 Å². The molecule has 0 bridgehead atoms. The first-order valence-electron chi connectivity index (χ1n) is 28.9. The number of nitrogens with one attached hydrogen (secondary N) is 2. The summed E-state index contributed by atoms with van der Waals surface area (Å²) in [6.45, 7) is 21.2. The molecule has 1 aromatic carbocycles. The monoisotopic (exact) mass is 1170 g/mol. The van der Waals surface area contributed by atoms with Crippen molar-refractivity contribution < 1.29 is 61.3 Å². The predicted octanol–water partition coefficient (Wildman–Crippen LogP) is 2.50. The Morgan fingerprint density at radius 3 is 1.71 bits per heavy atom. The topological polar surface area (TPSA) is 266 Å². The summed E-state index contributed by atoms with van der Waals surface area (Å²) in [4.78, 5) is 111. The summed E-state index contributed by atoms with van der Waals surface area (Å²) in [5.74, 6) is -5.83. The highest BCUT2D eigenvalue weighted by Gasteiger charge is 2.47. The largest absolute Gasteiger partial charge is 0.494 e. The number of fused-ring (bicyclic) bond motifs is 1. The minimum Gasteiger partial charge on any atom is -0.494 e. The molecule has 83 heavy (non-hydrogen) atoms. The third-order valence-electron chi connectivity index (χ3n) is 13.9. The SMILES string of the molecule is CC(C)(C)OC(=O)CN1CCN(CC(=O)N[C@@H](CCCCN)C(=O)N2CCN(CCCOc3ccc4nccc(C(=O)NCC(=O)N5CC(F)(F)C[C@H]5C#N)c4c3)CC2)CCN(CC(=O)OC(C)(C)C)CCN(CC(=O)OC(C)(C)C)CC1. The summed E-state index contributed by atoms with van der Waals surface area (Å²) in [5.41, 5.74) is 4.46. The summed E-state index contributed by atoms with van der Waals surface area (Å²) >= 11 is 0. The van der Waals surface area contributed by atoms with E-state index in [4.69, 9.17) is 24.7 Å². The number of rotatable bonds is 22. The molecular formula is C58H90F2N12O11. The lowest BCUT2D eigenvalue weighted by Crippen LogP contribution is -2.56. The number of unbranched alkanes of at least 4 members (excludes halogenated alkanes) is 1. The van der Waals surface area contributed by atoms with E-state index in [1.165, 1.54) is 12.3 Å². The number of amides is 4. The van der Waals surface area contributed by atoms with Crippen LogP contribution in [0.4, 0.5) is 8.78 Å². The van der Waals surface area contributed by atoms with Crippen molar-refractivity contribution in [1.29, 1.82) is 5.26 Å². The minimum atomic E-state index is -3.18. The highest BCUT2D eigenvalue weighted by Crippen LogP contribution is 2.32. The van der Waals surface area contributed by atoms with Crippen LogP contribution in [0.25, 0.3) is 10.9 Å². The van der Waals surface area contributed by atoms with Crippen LogP contribution in [0.5, 0.6) is 5.75 Å². The molecule has 462 valence electrons. The van der Waals surface area contributed by atoms with Crippen LogP contribution in [0, 0.1) is 11.3 Å². The summed E-state index contributed by atoms with van der Waals surface area (Å²) < 4.78 is 51.0. The third-order valence-corrected chi connectivity index (χ3v) is 13.9. The zero-order valence-electron chi connectivity index (χ0n) is 50.3. The molecular weight excluding hydrogens is 1080 g/mol. The van der Waals surface area contributed by atoms with Crippen molar-refractivity contribution in [3.8, 4) is 11.8 Å². The molecule has 4 heterocycles. The molecule has 5 rings (SSSR count). The standard InChI is InChI=1S/C58H90F2N12O11/c1-55(2,3)81-50(75)38-68-22-20-67(21-23-69(39-51(76)82-56(4,5)6)25-27-70(26-24-68)40-52(77)83-57(7,8)9)37-48(73)65-47(13-10-11-17-61)54(79)71-30-28-66(29-31-71)19-12-32-80-43-14-15-46-45(33-43)44(16-18-63-46)53(78)64-36-49(74)72-41-58(59,60)34-42(72)35-62/h14-16,18,33,42,47H,10-13,17,19-32,34,36-41,61H2,1-9H3,(H,64,78)(H,65,73)/t42-,47-/m0/s1. The summed E-state index contributed by atoms with van der Waals surface area (Å²) in [6.07, 6.45) is 3.03. The number of ether oxygens (including phenoxy) is 4. The van der Waals surface area contributed by atoms with Crippen molar-refractivity contribution in [3.63, 3.8) is 0 Å². The van der Waals surface area contributed by atoms with E-state index < -0.39 is 84.0 Å². The second kappa shape index (κ2) is 31.1. The number of nitriles is 1. The lowest BCUT2D eigenvalue weighted by atomic mass is 10.1. The average Bonchev–Trinajstić information content (AvgIpc) is 4.02. The lowest BCUT2D eigenvalue weighted by molar-refractivity contribution is -0.158. The molecule has 0 spiro atoms. The second-order valence-electron chi connectivity index (χ2n) is 24.6. The van der Waals surface area contributed by atoms with Crippen LogP contribution in [0.3, 0.4) is 0 Å². The van der Waals surface area contributed by atoms with Gasteiger partial charge in [-0.3, -0.25) is 63.0 Å². The van der Waals surface area contributed by atoms with E-state index in [1.807, 2.05) is 40.4 Å². The van der Waals surface area contributed by atoms with Crippen LogP contribution in [0.2, 0.25) is 0 Å². The number of pyridine rings is 1. The van der Waals surface area contributed by atoms with Crippen molar-refractivity contribution in [1.82, 2.24) is 49.9 Å². The lowest BCUT2D eigenvalue weighted by Gasteiger charge is -2.37. The van der Waals surface area contributed by atoms with E-state index in [2.05, 4.69) is 20.5 Å². The molecule has 0 aliphatic carbocycles. The highest BCUT2D eigenvalue weighted by molar-refractivity contribution is 6.07. The van der Waals surface area contributed by atoms with Gasteiger partial charge in [-0.1, -0.05) is 0 Å². The molecule has 0 radical (unpaired) electrons. The normalized spacial score (nSPS) is 19.0. The number of halogens is 2. The van der Waals surface area contributed by atoms with Crippen molar-refractivity contribution in [2.75, 3.05) is 138 Å². The van der Waals surface area contributed by atoms with Crippen LogP contribution in [0.1, 0.15) is 105 Å². The van der Waals surface area contributed by atoms with Gasteiger partial charge >= 0.3 is 17.9 Å². The number of aromatic nitrogens is 1. The molecule has 3 saturated heterocycles. The molecule has 2 atom stereocenters. The Labute approximate surface area is 487 Å². The number of hydrogen-bond acceptors (Lipinski definition) is 19. The van der Waals surface area contributed by atoms with Gasteiger partial charge in [-0.2, -0.15) is 5.26 Å². The van der Waals surface area contributed by atoms with Gasteiger partial charge in [0.2, 0.25) is 17.7 Å². The molecule has 3 aliphatic heterocycles. The van der Waals surface area contributed by atoms with Gasteiger partial charge in [0.05, 0.1) is 63.0 Å². The Morgan fingerprint density at radius 2 is 1.22 bits per heavy atom. The molecule has 4 N–H and O–H groups in total. The molecule has 4 amide bonds. The van der Waals surface area contributed by atoms with Crippen LogP contribution < -0.4 is 21.1 Å². The maximum absolute atomic E-state index is 14.3. The average molecular weight is 1170 g/mol. The Hall–Kier alpha value is -6.17. The molecule has 3 fully saturated rings. The summed E-state index contributed by atoms with van der Waals surface area (Å²) in [7, 11) is 0. The van der Waals surface area contributed by atoms with Gasteiger partial charge in [0.15, 0.2) is 0 Å². The molecule has 3 aliphatic rings. The van der Waals surface area contributed by atoms with Crippen LogP contribution >= 0.6 is 0 Å². The molecule has 2 aromatic rings. The van der Waals surface area contributed by atoms with E-state index >= 15 is 0 Å². The fourth-order valence-corrected chi connectivity index (χ4v) is 9.92. The molecule has 0 unspecified atom stereocenters.